The van der Waals surface area contributed by atoms with Crippen molar-refractivity contribution in [3.05, 3.63) is 0 Å². The van der Waals surface area contributed by atoms with Crippen LogP contribution in [0.15, 0.2) is 5.16 Å². The molecule has 2 saturated carbocycles. The summed E-state index contributed by atoms with van der Waals surface area (Å²) in [5.74, 6) is 0.229. The molecule has 2 N–H and O–H groups in total. The molecule has 2 fully saturated rings. The van der Waals surface area contributed by atoms with Gasteiger partial charge in [-0.2, -0.15) is 0 Å². The minimum atomic E-state index is -0.575. The van der Waals surface area contributed by atoms with Gasteiger partial charge in [0.05, 0.1) is 5.71 Å². The van der Waals surface area contributed by atoms with Gasteiger partial charge in [-0.3, -0.25) is 0 Å². The minimum absolute atomic E-state index is 0.0218. The molecule has 4 unspecified atom stereocenters. The Balaban J connectivity index is 2.50. The number of halogens is 1. The standard InChI is InChI=1S/C10H16BrNO2/c1-9-4-3-6(10(9,2)5-11)7(12-14)8(9)13/h6,8,13-14H,3-5H2,1-2H3. The number of fused-ring (bicyclic) bond motifs is 2. The molecule has 2 aliphatic carbocycles. The molecular formula is C10H16BrNO2. The number of oxime groups is 1. The van der Waals surface area contributed by atoms with E-state index in [-0.39, 0.29) is 16.7 Å². The normalized spacial score (nSPS) is 54.4. The van der Waals surface area contributed by atoms with Crippen molar-refractivity contribution in [1.82, 2.24) is 0 Å². The van der Waals surface area contributed by atoms with Crippen LogP contribution >= 0.6 is 15.9 Å². The zero-order chi connectivity index (χ0) is 10.6. The van der Waals surface area contributed by atoms with Gasteiger partial charge >= 0.3 is 0 Å². The molecule has 80 valence electrons. The van der Waals surface area contributed by atoms with Crippen LogP contribution in [0.25, 0.3) is 0 Å². The van der Waals surface area contributed by atoms with Crippen molar-refractivity contribution in [3.63, 3.8) is 0 Å². The summed E-state index contributed by atoms with van der Waals surface area (Å²) in [7, 11) is 0. The largest absolute Gasteiger partial charge is 0.411 e. The average Bonchev–Trinajstić information content (AvgIpc) is 2.52. The highest BCUT2D eigenvalue weighted by atomic mass is 79.9. The Morgan fingerprint density at radius 3 is 2.57 bits per heavy atom. The molecule has 0 aromatic rings. The maximum absolute atomic E-state index is 10.1. The van der Waals surface area contributed by atoms with Crippen molar-refractivity contribution in [2.45, 2.75) is 32.8 Å². The van der Waals surface area contributed by atoms with Crippen LogP contribution in [0.3, 0.4) is 0 Å². The molecular weight excluding hydrogens is 246 g/mol. The SMILES string of the molecule is CC12CCC(C(=NO)C1O)C2(C)CBr. The van der Waals surface area contributed by atoms with Crippen molar-refractivity contribution in [3.8, 4) is 0 Å². The maximum atomic E-state index is 10.1. The molecule has 4 heteroatoms. The Labute approximate surface area is 92.3 Å². The van der Waals surface area contributed by atoms with E-state index >= 15 is 0 Å². The van der Waals surface area contributed by atoms with E-state index in [0.717, 1.165) is 18.2 Å². The smallest absolute Gasteiger partial charge is 0.102 e. The molecule has 2 aliphatic rings. The van der Waals surface area contributed by atoms with E-state index in [9.17, 15) is 5.11 Å². The van der Waals surface area contributed by atoms with Gasteiger partial charge in [0.25, 0.3) is 0 Å². The Morgan fingerprint density at radius 1 is 1.57 bits per heavy atom. The van der Waals surface area contributed by atoms with E-state index in [4.69, 9.17) is 5.21 Å². The molecule has 14 heavy (non-hydrogen) atoms. The van der Waals surface area contributed by atoms with E-state index < -0.39 is 6.10 Å². The van der Waals surface area contributed by atoms with Gasteiger partial charge < -0.3 is 10.3 Å². The molecule has 0 radical (unpaired) electrons. The molecule has 0 aromatic heterocycles. The van der Waals surface area contributed by atoms with Gasteiger partial charge in [0.15, 0.2) is 0 Å². The zero-order valence-electron chi connectivity index (χ0n) is 8.50. The van der Waals surface area contributed by atoms with E-state index in [1.54, 1.807) is 0 Å². The lowest BCUT2D eigenvalue weighted by Crippen LogP contribution is -2.39. The van der Waals surface area contributed by atoms with Crippen LogP contribution in [-0.2, 0) is 0 Å². The van der Waals surface area contributed by atoms with E-state index in [1.807, 2.05) is 0 Å². The average molecular weight is 262 g/mol. The molecule has 0 heterocycles. The van der Waals surface area contributed by atoms with Gasteiger partial charge in [0.2, 0.25) is 0 Å². The summed E-state index contributed by atoms with van der Waals surface area (Å²) in [5.41, 5.74) is 0.470. The second-order valence-electron chi connectivity index (χ2n) is 4.99. The van der Waals surface area contributed by atoms with Crippen LogP contribution in [0.4, 0.5) is 0 Å². The molecule has 3 nitrogen and oxygen atoms in total. The molecule has 0 aliphatic heterocycles. The highest BCUT2D eigenvalue weighted by molar-refractivity contribution is 9.09. The predicted octanol–water partition coefficient (Wildman–Crippen LogP) is 2.01. The molecule has 0 spiro atoms. The minimum Gasteiger partial charge on any atom is -0.411 e. The van der Waals surface area contributed by atoms with Gasteiger partial charge in [0, 0.05) is 16.7 Å². The summed E-state index contributed by atoms with van der Waals surface area (Å²) in [6, 6.07) is 0. The lowest BCUT2D eigenvalue weighted by molar-refractivity contribution is 0.0365. The van der Waals surface area contributed by atoms with Crippen LogP contribution in [0.1, 0.15) is 26.7 Å². The van der Waals surface area contributed by atoms with Gasteiger partial charge in [-0.15, -0.1) is 0 Å². The van der Waals surface area contributed by atoms with E-state index in [0.29, 0.717) is 5.71 Å². The summed E-state index contributed by atoms with van der Waals surface area (Å²) >= 11 is 3.52. The van der Waals surface area contributed by atoms with Crippen molar-refractivity contribution >= 4 is 21.6 Å². The maximum Gasteiger partial charge on any atom is 0.102 e. The number of rotatable bonds is 1. The van der Waals surface area contributed by atoms with Gasteiger partial charge in [0.1, 0.15) is 6.10 Å². The molecule has 0 amide bonds. The number of alkyl halides is 1. The van der Waals surface area contributed by atoms with Crippen LogP contribution in [0, 0.1) is 16.7 Å². The van der Waals surface area contributed by atoms with Crippen LogP contribution < -0.4 is 0 Å². The quantitative estimate of drug-likeness (QED) is 0.431. The highest BCUT2D eigenvalue weighted by Crippen LogP contribution is 2.64. The van der Waals surface area contributed by atoms with Gasteiger partial charge in [-0.1, -0.05) is 34.9 Å². The highest BCUT2D eigenvalue weighted by Gasteiger charge is 2.66. The third-order valence-electron chi connectivity index (χ3n) is 4.66. The Bertz CT molecular complexity index is 292. The lowest BCUT2D eigenvalue weighted by Gasteiger charge is -2.37. The number of aliphatic hydroxyl groups excluding tert-OH is 1. The predicted molar refractivity (Wildman–Crippen MR) is 58.0 cm³/mol. The van der Waals surface area contributed by atoms with Crippen LogP contribution in [0.2, 0.25) is 0 Å². The third kappa shape index (κ3) is 0.890. The molecule has 2 bridgehead atoms. The summed E-state index contributed by atoms with van der Waals surface area (Å²) in [6.07, 6.45) is 1.46. The first-order chi connectivity index (χ1) is 6.51. The van der Waals surface area contributed by atoms with E-state index in [1.165, 1.54) is 0 Å². The monoisotopic (exact) mass is 261 g/mol. The second-order valence-corrected chi connectivity index (χ2v) is 5.55. The fraction of sp³-hybridized carbons (Fsp3) is 0.900. The Hall–Kier alpha value is -0.0900. The molecule has 2 rings (SSSR count). The van der Waals surface area contributed by atoms with Crippen LogP contribution in [-0.4, -0.2) is 27.5 Å². The fourth-order valence-corrected chi connectivity index (χ4v) is 4.29. The van der Waals surface area contributed by atoms with E-state index in [2.05, 4.69) is 34.9 Å². The number of hydrogen-bond acceptors (Lipinski definition) is 3. The Morgan fingerprint density at radius 2 is 2.21 bits per heavy atom. The van der Waals surface area contributed by atoms with Crippen molar-refractivity contribution in [2.75, 3.05) is 5.33 Å². The number of hydrogen-bond donors (Lipinski definition) is 2. The summed E-state index contributed by atoms with van der Waals surface area (Å²) < 4.78 is 0. The van der Waals surface area contributed by atoms with Crippen molar-refractivity contribution < 1.29 is 10.3 Å². The van der Waals surface area contributed by atoms with Crippen molar-refractivity contribution in [2.24, 2.45) is 21.9 Å². The zero-order valence-corrected chi connectivity index (χ0v) is 10.1. The van der Waals surface area contributed by atoms with Crippen LogP contribution in [0.5, 0.6) is 0 Å². The summed E-state index contributed by atoms with van der Waals surface area (Å²) in [5, 5.41) is 23.1. The first-order valence-corrected chi connectivity index (χ1v) is 6.09. The first kappa shape index (κ1) is 10.4. The lowest BCUT2D eigenvalue weighted by atomic mass is 9.70. The van der Waals surface area contributed by atoms with Gasteiger partial charge in [-0.05, 0) is 18.3 Å². The Kier molecular flexibility index (Phi) is 2.20. The topological polar surface area (TPSA) is 52.8 Å². The summed E-state index contributed by atoms with van der Waals surface area (Å²) in [6.45, 7) is 4.26. The third-order valence-corrected chi connectivity index (χ3v) is 5.82. The first-order valence-electron chi connectivity index (χ1n) is 4.97. The number of aliphatic hydroxyl groups is 1. The van der Waals surface area contributed by atoms with Gasteiger partial charge in [-0.25, -0.2) is 0 Å². The summed E-state index contributed by atoms with van der Waals surface area (Å²) in [4.78, 5) is 0. The molecule has 4 atom stereocenters. The molecule has 0 aromatic carbocycles. The number of nitrogens with zero attached hydrogens (tertiary/aromatic N) is 1. The second kappa shape index (κ2) is 2.95. The molecule has 0 saturated heterocycles. The van der Waals surface area contributed by atoms with Crippen molar-refractivity contribution in [1.29, 1.82) is 0 Å². The fourth-order valence-electron chi connectivity index (χ4n) is 3.26.